The van der Waals surface area contributed by atoms with Gasteiger partial charge in [-0.15, -0.1) is 0 Å². The Balaban J connectivity index is 1.59. The van der Waals surface area contributed by atoms with Crippen molar-refractivity contribution in [2.75, 3.05) is 26.2 Å². The van der Waals surface area contributed by atoms with Gasteiger partial charge in [0.15, 0.2) is 0 Å². The third-order valence-electron chi connectivity index (χ3n) is 6.45. The van der Waals surface area contributed by atoms with E-state index in [1.54, 1.807) is 0 Å². The van der Waals surface area contributed by atoms with Crippen LogP contribution in [0.15, 0.2) is 30.3 Å². The number of carbonyl (C=O) groups is 2. The van der Waals surface area contributed by atoms with Crippen LogP contribution in [-0.4, -0.2) is 53.8 Å². The largest absolute Gasteiger partial charge is 0.354 e. The third kappa shape index (κ3) is 4.93. The summed E-state index contributed by atoms with van der Waals surface area (Å²) in [6.07, 6.45) is 6.23. The van der Waals surface area contributed by atoms with Crippen molar-refractivity contribution in [3.05, 3.63) is 35.9 Å². The van der Waals surface area contributed by atoms with Crippen LogP contribution in [0.5, 0.6) is 0 Å². The molecule has 0 radical (unpaired) electrons. The first-order valence-corrected chi connectivity index (χ1v) is 11.0. The predicted molar refractivity (Wildman–Crippen MR) is 112 cm³/mol. The van der Waals surface area contributed by atoms with E-state index in [-0.39, 0.29) is 23.8 Å². The third-order valence-corrected chi connectivity index (χ3v) is 6.45. The summed E-state index contributed by atoms with van der Waals surface area (Å²) in [5, 5.41) is 3.16. The molecule has 28 heavy (non-hydrogen) atoms. The molecule has 1 heterocycles. The Morgan fingerprint density at radius 3 is 2.46 bits per heavy atom. The zero-order valence-corrected chi connectivity index (χ0v) is 17.4. The lowest BCUT2D eigenvalue weighted by Crippen LogP contribution is -2.42. The fourth-order valence-corrected chi connectivity index (χ4v) is 4.79. The summed E-state index contributed by atoms with van der Waals surface area (Å²) in [4.78, 5) is 29.7. The molecule has 5 nitrogen and oxygen atoms in total. The van der Waals surface area contributed by atoms with Crippen molar-refractivity contribution in [3.63, 3.8) is 0 Å². The van der Waals surface area contributed by atoms with Gasteiger partial charge in [0, 0.05) is 25.6 Å². The van der Waals surface area contributed by atoms with Crippen LogP contribution < -0.4 is 5.32 Å². The maximum atomic E-state index is 12.8. The first-order valence-electron chi connectivity index (χ1n) is 11.0. The molecule has 5 heteroatoms. The van der Waals surface area contributed by atoms with Crippen molar-refractivity contribution in [1.82, 2.24) is 15.1 Å². The number of hydrogen-bond acceptors (Lipinski definition) is 3. The van der Waals surface area contributed by atoms with Crippen LogP contribution in [0.4, 0.5) is 0 Å². The van der Waals surface area contributed by atoms with Crippen molar-refractivity contribution in [3.8, 4) is 0 Å². The van der Waals surface area contributed by atoms with Crippen molar-refractivity contribution in [1.29, 1.82) is 0 Å². The summed E-state index contributed by atoms with van der Waals surface area (Å²) in [5.74, 6) is -0.0160. The summed E-state index contributed by atoms with van der Waals surface area (Å²) in [5.41, 5.74) is 1.22. The molecule has 2 atom stereocenters. The standard InChI is InChI=1S/C23H35N3O2/c1-3-25(4-2)21(18-11-7-5-8-12-18)16-24-23(28)19-15-22(27)26(17-19)20-13-9-6-10-14-20/h5,7-8,11-12,19-21H,3-4,6,9-10,13-17H2,1-2H3,(H,24,28). The Morgan fingerprint density at radius 2 is 1.82 bits per heavy atom. The quantitative estimate of drug-likeness (QED) is 0.746. The van der Waals surface area contributed by atoms with Crippen LogP contribution >= 0.6 is 0 Å². The molecule has 154 valence electrons. The van der Waals surface area contributed by atoms with Gasteiger partial charge in [0.1, 0.15) is 0 Å². The number of nitrogens with one attached hydrogen (secondary N) is 1. The molecule has 1 N–H and O–H groups in total. The molecule has 0 spiro atoms. The maximum absolute atomic E-state index is 12.8. The van der Waals surface area contributed by atoms with Crippen LogP contribution in [0.2, 0.25) is 0 Å². The average Bonchev–Trinajstić information content (AvgIpc) is 3.14. The van der Waals surface area contributed by atoms with Gasteiger partial charge in [-0.25, -0.2) is 0 Å². The smallest absolute Gasteiger partial charge is 0.225 e. The molecule has 2 fully saturated rings. The molecular weight excluding hydrogens is 350 g/mol. The van der Waals surface area contributed by atoms with Gasteiger partial charge in [-0.05, 0) is 31.5 Å². The van der Waals surface area contributed by atoms with E-state index in [2.05, 4.69) is 36.2 Å². The van der Waals surface area contributed by atoms with Crippen molar-refractivity contribution >= 4 is 11.8 Å². The van der Waals surface area contributed by atoms with E-state index < -0.39 is 0 Å². The number of amides is 2. The number of carbonyl (C=O) groups excluding carboxylic acids is 2. The van der Waals surface area contributed by atoms with Crippen LogP contribution in [0.3, 0.4) is 0 Å². The van der Waals surface area contributed by atoms with Crippen molar-refractivity contribution < 1.29 is 9.59 Å². The van der Waals surface area contributed by atoms with Gasteiger partial charge in [-0.3, -0.25) is 14.5 Å². The second kappa shape index (κ2) is 10.1. The summed E-state index contributed by atoms with van der Waals surface area (Å²) in [7, 11) is 0. The van der Waals surface area contributed by atoms with E-state index in [9.17, 15) is 9.59 Å². The van der Waals surface area contributed by atoms with E-state index in [0.717, 1.165) is 25.9 Å². The average molecular weight is 386 g/mol. The lowest BCUT2D eigenvalue weighted by molar-refractivity contribution is -0.130. The van der Waals surface area contributed by atoms with Crippen molar-refractivity contribution in [2.45, 2.75) is 64.5 Å². The minimum Gasteiger partial charge on any atom is -0.354 e. The lowest BCUT2D eigenvalue weighted by Gasteiger charge is -2.31. The lowest BCUT2D eigenvalue weighted by atomic mass is 9.94. The highest BCUT2D eigenvalue weighted by atomic mass is 16.2. The molecule has 1 saturated heterocycles. The maximum Gasteiger partial charge on any atom is 0.225 e. The minimum atomic E-state index is -0.206. The number of nitrogens with zero attached hydrogens (tertiary/aromatic N) is 2. The van der Waals surface area contributed by atoms with E-state index in [4.69, 9.17) is 0 Å². The molecule has 2 aliphatic rings. The number of hydrogen-bond donors (Lipinski definition) is 1. The molecule has 1 aliphatic heterocycles. The van der Waals surface area contributed by atoms with Gasteiger partial charge in [-0.2, -0.15) is 0 Å². The second-order valence-electron chi connectivity index (χ2n) is 8.13. The van der Waals surface area contributed by atoms with E-state index in [0.29, 0.717) is 25.6 Å². The SMILES string of the molecule is CCN(CC)C(CNC(=O)C1CC(=O)N(C2CCCCC2)C1)c1ccccc1. The van der Waals surface area contributed by atoms with Gasteiger partial charge in [0.05, 0.1) is 12.0 Å². The second-order valence-corrected chi connectivity index (χ2v) is 8.13. The van der Waals surface area contributed by atoms with Gasteiger partial charge in [0.2, 0.25) is 11.8 Å². The Hall–Kier alpha value is -1.88. The van der Waals surface area contributed by atoms with Crippen LogP contribution in [0, 0.1) is 5.92 Å². The fraction of sp³-hybridized carbons (Fsp3) is 0.652. The highest BCUT2D eigenvalue weighted by molar-refractivity contribution is 5.89. The molecule has 1 saturated carbocycles. The molecule has 0 aromatic heterocycles. The summed E-state index contributed by atoms with van der Waals surface area (Å²) in [6.45, 7) is 7.35. The van der Waals surface area contributed by atoms with E-state index in [1.165, 1.54) is 24.8 Å². The van der Waals surface area contributed by atoms with Gasteiger partial charge >= 0.3 is 0 Å². The molecule has 2 unspecified atom stereocenters. The molecule has 1 aromatic carbocycles. The first kappa shape index (κ1) is 20.8. The van der Waals surface area contributed by atoms with Crippen LogP contribution in [-0.2, 0) is 9.59 Å². The monoisotopic (exact) mass is 385 g/mol. The predicted octanol–water partition coefficient (Wildman–Crippen LogP) is 3.37. The van der Waals surface area contributed by atoms with Gasteiger partial charge in [-0.1, -0.05) is 63.4 Å². The topological polar surface area (TPSA) is 52.7 Å². The van der Waals surface area contributed by atoms with Crippen LogP contribution in [0.1, 0.15) is 64.0 Å². The Bertz CT molecular complexity index is 639. The normalized spacial score (nSPS) is 21.9. The number of rotatable bonds is 8. The number of benzene rings is 1. The van der Waals surface area contributed by atoms with Crippen molar-refractivity contribution in [2.24, 2.45) is 5.92 Å². The summed E-state index contributed by atoms with van der Waals surface area (Å²) in [6, 6.07) is 10.9. The molecule has 3 rings (SSSR count). The molecule has 0 bridgehead atoms. The zero-order chi connectivity index (χ0) is 19.9. The molecule has 1 aromatic rings. The first-order chi connectivity index (χ1) is 13.6. The molecule has 1 aliphatic carbocycles. The Kier molecular flexibility index (Phi) is 7.49. The fourth-order valence-electron chi connectivity index (χ4n) is 4.79. The van der Waals surface area contributed by atoms with E-state index in [1.807, 2.05) is 23.1 Å². The summed E-state index contributed by atoms with van der Waals surface area (Å²) >= 11 is 0. The number of likely N-dealkylation sites (N-methyl/N-ethyl adjacent to an activating group) is 1. The Morgan fingerprint density at radius 1 is 1.14 bits per heavy atom. The van der Waals surface area contributed by atoms with Crippen LogP contribution in [0.25, 0.3) is 0 Å². The van der Waals surface area contributed by atoms with Gasteiger partial charge < -0.3 is 10.2 Å². The van der Waals surface area contributed by atoms with E-state index >= 15 is 0 Å². The molecular formula is C23H35N3O2. The zero-order valence-electron chi connectivity index (χ0n) is 17.4. The minimum absolute atomic E-state index is 0.0275. The highest BCUT2D eigenvalue weighted by Crippen LogP contribution is 2.29. The number of likely N-dealkylation sites (tertiary alicyclic amines) is 1. The van der Waals surface area contributed by atoms with Gasteiger partial charge in [0.25, 0.3) is 0 Å². The Labute approximate surface area is 169 Å². The summed E-state index contributed by atoms with van der Waals surface area (Å²) < 4.78 is 0. The molecule has 2 amide bonds. The highest BCUT2D eigenvalue weighted by Gasteiger charge is 2.38.